The molecule has 6 heteroatoms. The third-order valence-electron chi connectivity index (χ3n) is 4.52. The molecule has 0 aliphatic carbocycles. The van der Waals surface area contributed by atoms with Crippen molar-refractivity contribution in [2.24, 2.45) is 0 Å². The second-order valence-electron chi connectivity index (χ2n) is 6.47. The van der Waals surface area contributed by atoms with Crippen LogP contribution < -0.4 is 5.32 Å². The van der Waals surface area contributed by atoms with Gasteiger partial charge in [0, 0.05) is 18.3 Å². The van der Waals surface area contributed by atoms with Crippen molar-refractivity contribution >= 4 is 17.1 Å². The Balaban J connectivity index is 1.63. The van der Waals surface area contributed by atoms with E-state index in [-0.39, 0.29) is 5.91 Å². The maximum Gasteiger partial charge on any atom is 0.251 e. The van der Waals surface area contributed by atoms with E-state index in [2.05, 4.69) is 26.7 Å². The molecular weight excluding hydrogens is 338 g/mol. The minimum absolute atomic E-state index is 0.117. The average Bonchev–Trinajstić information content (AvgIpc) is 3.10. The monoisotopic (exact) mass is 357 g/mol. The molecule has 2 heterocycles. The van der Waals surface area contributed by atoms with Crippen molar-refractivity contribution in [2.75, 3.05) is 0 Å². The van der Waals surface area contributed by atoms with Crippen molar-refractivity contribution in [3.8, 4) is 5.69 Å². The van der Waals surface area contributed by atoms with Crippen molar-refractivity contribution in [3.63, 3.8) is 0 Å². The van der Waals surface area contributed by atoms with Gasteiger partial charge in [-0.05, 0) is 49.2 Å². The van der Waals surface area contributed by atoms with E-state index < -0.39 is 0 Å². The lowest BCUT2D eigenvalue weighted by Gasteiger charge is -2.12. The number of carbonyl (C=O) groups excluding carboxylic acids is 1. The molecule has 0 unspecified atom stereocenters. The lowest BCUT2D eigenvalue weighted by Crippen LogP contribution is -2.24. The van der Waals surface area contributed by atoms with Crippen LogP contribution in [0.3, 0.4) is 0 Å². The van der Waals surface area contributed by atoms with Crippen LogP contribution in [0.1, 0.15) is 27.0 Å². The molecule has 0 aliphatic heterocycles. The molecule has 1 N–H and O–H groups in total. The second kappa shape index (κ2) is 6.99. The zero-order valence-corrected chi connectivity index (χ0v) is 15.2. The van der Waals surface area contributed by atoms with Gasteiger partial charge in [-0.3, -0.25) is 4.79 Å². The Morgan fingerprint density at radius 2 is 1.93 bits per heavy atom. The van der Waals surface area contributed by atoms with Crippen LogP contribution in [0.5, 0.6) is 0 Å². The summed E-state index contributed by atoms with van der Waals surface area (Å²) < 4.78 is 1.67. The maximum absolute atomic E-state index is 12.7. The van der Waals surface area contributed by atoms with Gasteiger partial charge in [0.05, 0.1) is 5.69 Å². The number of amides is 1. The molecule has 4 aromatic rings. The third-order valence-corrected chi connectivity index (χ3v) is 4.52. The Labute approximate surface area is 156 Å². The van der Waals surface area contributed by atoms with Crippen LogP contribution in [-0.4, -0.2) is 25.9 Å². The van der Waals surface area contributed by atoms with Crippen molar-refractivity contribution in [3.05, 3.63) is 83.0 Å². The van der Waals surface area contributed by atoms with Gasteiger partial charge >= 0.3 is 0 Å². The Bertz CT molecular complexity index is 1130. The van der Waals surface area contributed by atoms with Crippen LogP contribution >= 0.6 is 0 Å². The highest BCUT2D eigenvalue weighted by Crippen LogP contribution is 2.20. The van der Waals surface area contributed by atoms with Gasteiger partial charge in [0.2, 0.25) is 0 Å². The smallest absolute Gasteiger partial charge is 0.251 e. The highest BCUT2D eigenvalue weighted by molar-refractivity contribution is 5.96. The molecule has 4 rings (SSSR count). The Morgan fingerprint density at radius 3 is 2.78 bits per heavy atom. The Hall–Kier alpha value is -3.54. The first kappa shape index (κ1) is 16.9. The molecule has 0 atom stereocenters. The predicted octanol–water partition coefficient (Wildman–Crippen LogP) is 3.36. The molecule has 0 fully saturated rings. The summed E-state index contributed by atoms with van der Waals surface area (Å²) >= 11 is 0. The van der Waals surface area contributed by atoms with Crippen molar-refractivity contribution < 1.29 is 4.79 Å². The standard InChI is InChI=1S/C21H19N5O/c1-14-6-3-7-16(12-14)13-23-21(27)17-8-4-10-19(15(17)2)26-20-18(24-25-26)9-5-11-22-20/h3-12H,13H2,1-2H3,(H,23,27). The SMILES string of the molecule is Cc1cccc(CNC(=O)c2cccc(-n3nnc4cccnc43)c2C)c1. The highest BCUT2D eigenvalue weighted by Gasteiger charge is 2.15. The minimum Gasteiger partial charge on any atom is -0.348 e. The zero-order valence-electron chi connectivity index (χ0n) is 15.2. The first-order chi connectivity index (χ1) is 13.1. The molecule has 134 valence electrons. The molecule has 0 bridgehead atoms. The van der Waals surface area contributed by atoms with E-state index in [9.17, 15) is 4.79 Å². The number of benzene rings is 2. The summed E-state index contributed by atoms with van der Waals surface area (Å²) in [5.41, 5.74) is 5.86. The van der Waals surface area contributed by atoms with Crippen LogP contribution in [0, 0.1) is 13.8 Å². The molecule has 0 radical (unpaired) electrons. The summed E-state index contributed by atoms with van der Waals surface area (Å²) in [5.74, 6) is -0.117. The van der Waals surface area contributed by atoms with E-state index in [0.717, 1.165) is 16.8 Å². The number of pyridine rings is 1. The number of carbonyl (C=O) groups is 1. The van der Waals surface area contributed by atoms with E-state index in [1.54, 1.807) is 10.9 Å². The normalized spacial score (nSPS) is 10.9. The minimum atomic E-state index is -0.117. The summed E-state index contributed by atoms with van der Waals surface area (Å²) in [5, 5.41) is 11.3. The first-order valence-corrected chi connectivity index (χ1v) is 8.73. The fourth-order valence-corrected chi connectivity index (χ4v) is 3.13. The summed E-state index contributed by atoms with van der Waals surface area (Å²) in [4.78, 5) is 17.1. The van der Waals surface area contributed by atoms with Crippen molar-refractivity contribution in [1.29, 1.82) is 0 Å². The largest absolute Gasteiger partial charge is 0.348 e. The van der Waals surface area contributed by atoms with Crippen molar-refractivity contribution in [2.45, 2.75) is 20.4 Å². The van der Waals surface area contributed by atoms with Gasteiger partial charge in [0.25, 0.3) is 5.91 Å². The first-order valence-electron chi connectivity index (χ1n) is 8.73. The average molecular weight is 357 g/mol. The summed E-state index contributed by atoms with van der Waals surface area (Å²) in [7, 11) is 0. The number of nitrogens with one attached hydrogen (secondary N) is 1. The number of aromatic nitrogens is 4. The molecule has 0 spiro atoms. The number of rotatable bonds is 4. The Morgan fingerprint density at radius 1 is 1.07 bits per heavy atom. The van der Waals surface area contributed by atoms with Gasteiger partial charge in [0.1, 0.15) is 5.52 Å². The Kier molecular flexibility index (Phi) is 4.38. The quantitative estimate of drug-likeness (QED) is 0.608. The highest BCUT2D eigenvalue weighted by atomic mass is 16.1. The van der Waals surface area contributed by atoms with Gasteiger partial charge in [0.15, 0.2) is 5.65 Å². The molecule has 0 aliphatic rings. The van der Waals surface area contributed by atoms with Crippen LogP contribution in [0.2, 0.25) is 0 Å². The van der Waals surface area contributed by atoms with Crippen LogP contribution in [0.4, 0.5) is 0 Å². The number of hydrogen-bond donors (Lipinski definition) is 1. The second-order valence-corrected chi connectivity index (χ2v) is 6.47. The molecule has 1 amide bonds. The van der Waals surface area contributed by atoms with E-state index in [4.69, 9.17) is 0 Å². The fraction of sp³-hybridized carbons (Fsp3) is 0.143. The van der Waals surface area contributed by atoms with Crippen LogP contribution in [-0.2, 0) is 6.54 Å². The lowest BCUT2D eigenvalue weighted by atomic mass is 10.1. The lowest BCUT2D eigenvalue weighted by molar-refractivity contribution is 0.0950. The zero-order chi connectivity index (χ0) is 18.8. The predicted molar refractivity (Wildman–Crippen MR) is 104 cm³/mol. The topological polar surface area (TPSA) is 72.7 Å². The van der Waals surface area contributed by atoms with E-state index in [0.29, 0.717) is 23.3 Å². The van der Waals surface area contributed by atoms with Gasteiger partial charge in [-0.25, -0.2) is 4.98 Å². The molecule has 0 saturated heterocycles. The van der Waals surface area contributed by atoms with Gasteiger partial charge < -0.3 is 5.32 Å². The van der Waals surface area contributed by atoms with Crippen molar-refractivity contribution in [1.82, 2.24) is 25.3 Å². The number of nitrogens with zero attached hydrogens (tertiary/aromatic N) is 4. The summed E-state index contributed by atoms with van der Waals surface area (Å²) in [6, 6.07) is 17.4. The molecule has 27 heavy (non-hydrogen) atoms. The number of aryl methyl sites for hydroxylation is 1. The van der Waals surface area contributed by atoms with E-state index in [1.807, 2.05) is 62.4 Å². The molecule has 2 aromatic heterocycles. The van der Waals surface area contributed by atoms with E-state index >= 15 is 0 Å². The van der Waals surface area contributed by atoms with Gasteiger partial charge in [-0.1, -0.05) is 41.1 Å². The number of hydrogen-bond acceptors (Lipinski definition) is 4. The number of fused-ring (bicyclic) bond motifs is 1. The summed E-state index contributed by atoms with van der Waals surface area (Å²) in [6.07, 6.45) is 1.70. The molecule has 2 aromatic carbocycles. The molecular formula is C21H19N5O. The maximum atomic E-state index is 12.7. The van der Waals surface area contributed by atoms with Crippen LogP contribution in [0.25, 0.3) is 16.9 Å². The molecule has 0 saturated carbocycles. The summed E-state index contributed by atoms with van der Waals surface area (Å²) in [6.45, 7) is 4.43. The molecule has 6 nitrogen and oxygen atoms in total. The van der Waals surface area contributed by atoms with Crippen LogP contribution in [0.15, 0.2) is 60.8 Å². The van der Waals surface area contributed by atoms with E-state index in [1.165, 1.54) is 5.56 Å². The fourth-order valence-electron chi connectivity index (χ4n) is 3.13. The third kappa shape index (κ3) is 3.29. The van der Waals surface area contributed by atoms with Gasteiger partial charge in [-0.2, -0.15) is 4.68 Å². The van der Waals surface area contributed by atoms with Gasteiger partial charge in [-0.15, -0.1) is 5.10 Å².